The molecule has 24 heavy (non-hydrogen) atoms. The first-order valence-corrected chi connectivity index (χ1v) is 7.83. The summed E-state index contributed by atoms with van der Waals surface area (Å²) in [5.74, 6) is -1.15. The monoisotopic (exact) mass is 334 g/mol. The standard InChI is InChI=1S/C18H26N2O4/c1-13-6-8-14(9-7-13)10-17(23)24-12-16(22)20(5)11-15(21)19-18(2,3)4/h6-9H,10-12H2,1-5H3,(H,19,21). The van der Waals surface area contributed by atoms with E-state index in [0.29, 0.717) is 0 Å². The van der Waals surface area contributed by atoms with Gasteiger partial charge in [0, 0.05) is 12.6 Å². The molecule has 0 saturated carbocycles. The molecule has 132 valence electrons. The van der Waals surface area contributed by atoms with Crippen molar-refractivity contribution in [2.45, 2.75) is 39.7 Å². The normalized spacial score (nSPS) is 10.9. The molecule has 0 heterocycles. The van der Waals surface area contributed by atoms with Gasteiger partial charge in [0.05, 0.1) is 13.0 Å². The number of esters is 1. The zero-order valence-electron chi connectivity index (χ0n) is 15.0. The van der Waals surface area contributed by atoms with Crippen LogP contribution in [0.15, 0.2) is 24.3 Å². The summed E-state index contributed by atoms with van der Waals surface area (Å²) in [5.41, 5.74) is 1.58. The van der Waals surface area contributed by atoms with Crippen LogP contribution in [0.3, 0.4) is 0 Å². The molecule has 1 rings (SSSR count). The second-order valence-electron chi connectivity index (χ2n) is 6.87. The Hall–Kier alpha value is -2.37. The lowest BCUT2D eigenvalue weighted by molar-refractivity contribution is -0.151. The van der Waals surface area contributed by atoms with Crippen LogP contribution in [0.2, 0.25) is 0 Å². The second-order valence-corrected chi connectivity index (χ2v) is 6.87. The minimum atomic E-state index is -0.472. The van der Waals surface area contributed by atoms with Crippen molar-refractivity contribution in [3.8, 4) is 0 Å². The van der Waals surface area contributed by atoms with E-state index in [0.717, 1.165) is 11.1 Å². The topological polar surface area (TPSA) is 75.7 Å². The average Bonchev–Trinajstić information content (AvgIpc) is 2.45. The Morgan fingerprint density at radius 3 is 2.25 bits per heavy atom. The fraction of sp³-hybridized carbons (Fsp3) is 0.500. The largest absolute Gasteiger partial charge is 0.455 e. The lowest BCUT2D eigenvalue weighted by Crippen LogP contribution is -2.46. The predicted octanol–water partition coefficient (Wildman–Crippen LogP) is 1.45. The van der Waals surface area contributed by atoms with Crippen LogP contribution in [0.1, 0.15) is 31.9 Å². The summed E-state index contributed by atoms with van der Waals surface area (Å²) in [6.07, 6.45) is 0.113. The molecule has 0 fully saturated rings. The van der Waals surface area contributed by atoms with Crippen LogP contribution in [0.25, 0.3) is 0 Å². The van der Waals surface area contributed by atoms with Gasteiger partial charge < -0.3 is 15.0 Å². The first-order chi connectivity index (χ1) is 11.1. The third kappa shape index (κ3) is 7.76. The quantitative estimate of drug-likeness (QED) is 0.799. The van der Waals surface area contributed by atoms with Gasteiger partial charge in [-0.25, -0.2) is 0 Å². The van der Waals surface area contributed by atoms with E-state index in [9.17, 15) is 14.4 Å². The van der Waals surface area contributed by atoms with Crippen molar-refractivity contribution in [2.24, 2.45) is 0 Å². The van der Waals surface area contributed by atoms with Crippen LogP contribution in [0, 0.1) is 6.92 Å². The Bertz CT molecular complexity index is 588. The van der Waals surface area contributed by atoms with Crippen molar-refractivity contribution < 1.29 is 19.1 Å². The van der Waals surface area contributed by atoms with Crippen LogP contribution in [-0.4, -0.2) is 48.4 Å². The Morgan fingerprint density at radius 1 is 1.12 bits per heavy atom. The molecule has 1 aromatic carbocycles. The second kappa shape index (κ2) is 8.47. The summed E-state index contributed by atoms with van der Waals surface area (Å²) < 4.78 is 4.98. The third-order valence-electron chi connectivity index (χ3n) is 3.15. The number of amides is 2. The number of ether oxygens (including phenoxy) is 1. The maximum Gasteiger partial charge on any atom is 0.310 e. The van der Waals surface area contributed by atoms with E-state index in [-0.39, 0.29) is 31.0 Å². The highest BCUT2D eigenvalue weighted by Gasteiger charge is 2.18. The fourth-order valence-electron chi connectivity index (χ4n) is 1.94. The zero-order chi connectivity index (χ0) is 18.3. The predicted molar refractivity (Wildman–Crippen MR) is 91.4 cm³/mol. The van der Waals surface area contributed by atoms with Crippen LogP contribution in [-0.2, 0) is 25.5 Å². The number of carbonyl (C=O) groups excluding carboxylic acids is 3. The van der Waals surface area contributed by atoms with Gasteiger partial charge in [0.2, 0.25) is 5.91 Å². The zero-order valence-corrected chi connectivity index (χ0v) is 15.0. The molecule has 0 aliphatic carbocycles. The van der Waals surface area contributed by atoms with E-state index >= 15 is 0 Å². The van der Waals surface area contributed by atoms with Gasteiger partial charge in [-0.3, -0.25) is 14.4 Å². The summed E-state index contributed by atoms with van der Waals surface area (Å²) in [6, 6.07) is 7.52. The van der Waals surface area contributed by atoms with E-state index in [4.69, 9.17) is 4.74 Å². The number of aryl methyl sites for hydroxylation is 1. The molecule has 0 atom stereocenters. The number of hydrogen-bond acceptors (Lipinski definition) is 4. The van der Waals surface area contributed by atoms with Crippen molar-refractivity contribution in [3.63, 3.8) is 0 Å². The molecular weight excluding hydrogens is 308 g/mol. The number of benzene rings is 1. The van der Waals surface area contributed by atoms with E-state index < -0.39 is 11.9 Å². The van der Waals surface area contributed by atoms with Crippen LogP contribution in [0.4, 0.5) is 0 Å². The molecular formula is C18H26N2O4. The van der Waals surface area contributed by atoms with E-state index in [1.807, 2.05) is 52.0 Å². The number of nitrogens with zero attached hydrogens (tertiary/aromatic N) is 1. The number of likely N-dealkylation sites (N-methyl/N-ethyl adjacent to an activating group) is 1. The van der Waals surface area contributed by atoms with Crippen LogP contribution in [0.5, 0.6) is 0 Å². The molecule has 0 aliphatic rings. The minimum absolute atomic E-state index is 0.0778. The molecule has 0 unspecified atom stereocenters. The molecule has 0 spiro atoms. The highest BCUT2D eigenvalue weighted by atomic mass is 16.5. The Labute approximate surface area is 143 Å². The van der Waals surface area contributed by atoms with E-state index in [1.165, 1.54) is 11.9 Å². The highest BCUT2D eigenvalue weighted by molar-refractivity contribution is 5.86. The lowest BCUT2D eigenvalue weighted by atomic mass is 10.1. The number of rotatable bonds is 6. The molecule has 0 aliphatic heterocycles. The molecule has 1 aromatic rings. The van der Waals surface area contributed by atoms with Gasteiger partial charge in [-0.1, -0.05) is 29.8 Å². The first-order valence-electron chi connectivity index (χ1n) is 7.83. The number of carbonyl (C=O) groups is 3. The highest BCUT2D eigenvalue weighted by Crippen LogP contribution is 2.05. The number of hydrogen-bond donors (Lipinski definition) is 1. The number of nitrogens with one attached hydrogen (secondary N) is 1. The lowest BCUT2D eigenvalue weighted by Gasteiger charge is -2.23. The molecule has 1 N–H and O–H groups in total. The van der Waals surface area contributed by atoms with Gasteiger partial charge in [0.1, 0.15) is 0 Å². The van der Waals surface area contributed by atoms with Crippen LogP contribution >= 0.6 is 0 Å². The molecule has 0 radical (unpaired) electrons. The summed E-state index contributed by atoms with van der Waals surface area (Å²) in [6.45, 7) is 7.10. The SMILES string of the molecule is Cc1ccc(CC(=O)OCC(=O)N(C)CC(=O)NC(C)(C)C)cc1. The summed E-state index contributed by atoms with van der Waals surface area (Å²) >= 11 is 0. The van der Waals surface area contributed by atoms with Crippen molar-refractivity contribution in [3.05, 3.63) is 35.4 Å². The van der Waals surface area contributed by atoms with Gasteiger partial charge in [-0.05, 0) is 33.3 Å². The van der Waals surface area contributed by atoms with Crippen molar-refractivity contribution in [1.29, 1.82) is 0 Å². The van der Waals surface area contributed by atoms with Gasteiger partial charge in [0.25, 0.3) is 5.91 Å². The van der Waals surface area contributed by atoms with Gasteiger partial charge in [-0.2, -0.15) is 0 Å². The van der Waals surface area contributed by atoms with Crippen molar-refractivity contribution in [2.75, 3.05) is 20.2 Å². The van der Waals surface area contributed by atoms with Crippen LogP contribution < -0.4 is 5.32 Å². The molecule has 2 amide bonds. The van der Waals surface area contributed by atoms with Gasteiger partial charge in [-0.15, -0.1) is 0 Å². The first kappa shape index (κ1) is 19.7. The fourth-order valence-corrected chi connectivity index (χ4v) is 1.94. The Balaban J connectivity index is 2.37. The summed E-state index contributed by atoms with van der Waals surface area (Å²) in [5, 5.41) is 2.77. The molecule has 0 aromatic heterocycles. The van der Waals surface area contributed by atoms with E-state index in [1.54, 1.807) is 0 Å². The molecule has 0 saturated heterocycles. The van der Waals surface area contributed by atoms with Gasteiger partial charge >= 0.3 is 5.97 Å². The summed E-state index contributed by atoms with van der Waals surface area (Å²) in [4.78, 5) is 36.7. The Morgan fingerprint density at radius 2 is 1.71 bits per heavy atom. The maximum absolute atomic E-state index is 11.9. The van der Waals surface area contributed by atoms with Gasteiger partial charge in [0.15, 0.2) is 6.61 Å². The smallest absolute Gasteiger partial charge is 0.310 e. The van der Waals surface area contributed by atoms with Crippen molar-refractivity contribution in [1.82, 2.24) is 10.2 Å². The molecule has 6 nitrogen and oxygen atoms in total. The molecule has 6 heteroatoms. The third-order valence-corrected chi connectivity index (χ3v) is 3.15. The Kier molecular flexibility index (Phi) is 6.95. The maximum atomic E-state index is 11.9. The average molecular weight is 334 g/mol. The molecule has 0 bridgehead atoms. The summed E-state index contributed by atoms with van der Waals surface area (Å²) in [7, 11) is 1.50. The minimum Gasteiger partial charge on any atom is -0.455 e. The van der Waals surface area contributed by atoms with Crippen molar-refractivity contribution >= 4 is 17.8 Å². The van der Waals surface area contributed by atoms with E-state index in [2.05, 4.69) is 5.32 Å².